The Bertz CT molecular complexity index is 822. The lowest BCUT2D eigenvalue weighted by Crippen LogP contribution is -2.41. The smallest absolute Gasteiger partial charge is 0.343 e. The molecular weight excluding hydrogens is 352 g/mol. The number of rotatable bonds is 7. The van der Waals surface area contributed by atoms with Crippen LogP contribution in [0.3, 0.4) is 0 Å². The van der Waals surface area contributed by atoms with Crippen molar-refractivity contribution in [3.05, 3.63) is 65.7 Å². The summed E-state index contributed by atoms with van der Waals surface area (Å²) in [5, 5.41) is 3.02. The number of benzene rings is 2. The molecule has 1 amide bonds. The van der Waals surface area contributed by atoms with Crippen LogP contribution in [0.4, 0.5) is 0 Å². The molecule has 3 rings (SSSR count). The average Bonchev–Trinajstić information content (AvgIpc) is 3.09. The van der Waals surface area contributed by atoms with Crippen LogP contribution >= 0.6 is 0 Å². The molecule has 0 saturated carbocycles. The topological polar surface area (TPSA) is 58.6 Å². The molecule has 1 fully saturated rings. The van der Waals surface area contributed by atoms with Crippen LogP contribution in [0.5, 0.6) is 5.75 Å². The number of carbonyl (C=O) groups excluding carboxylic acids is 2. The van der Waals surface area contributed by atoms with Crippen molar-refractivity contribution in [2.75, 3.05) is 19.6 Å². The number of nitrogens with one attached hydrogen (secondary N) is 1. The summed E-state index contributed by atoms with van der Waals surface area (Å²) < 4.78 is 5.51. The number of hydrogen-bond donors (Lipinski definition) is 1. The molecule has 0 bridgehead atoms. The summed E-state index contributed by atoms with van der Waals surface area (Å²) in [7, 11) is 0. The number of ether oxygens (including phenoxy) is 1. The van der Waals surface area contributed by atoms with Crippen LogP contribution in [0, 0.1) is 5.41 Å². The second-order valence-electron chi connectivity index (χ2n) is 7.68. The quantitative estimate of drug-likeness (QED) is 0.588. The highest BCUT2D eigenvalue weighted by Gasteiger charge is 2.39. The second-order valence-corrected chi connectivity index (χ2v) is 7.68. The fourth-order valence-electron chi connectivity index (χ4n) is 3.53. The molecular formula is C23H28N2O3. The van der Waals surface area contributed by atoms with Crippen molar-refractivity contribution in [1.29, 1.82) is 0 Å². The van der Waals surface area contributed by atoms with Crippen molar-refractivity contribution in [2.24, 2.45) is 5.41 Å². The molecule has 5 nitrogen and oxygen atoms in total. The van der Waals surface area contributed by atoms with E-state index in [1.165, 1.54) is 0 Å². The van der Waals surface area contributed by atoms with E-state index in [2.05, 4.69) is 17.1 Å². The average molecular weight is 380 g/mol. The zero-order valence-corrected chi connectivity index (χ0v) is 16.6. The van der Waals surface area contributed by atoms with Crippen molar-refractivity contribution in [1.82, 2.24) is 10.2 Å². The molecule has 1 heterocycles. The summed E-state index contributed by atoms with van der Waals surface area (Å²) in [6.07, 6.45) is 1.80. The maximum atomic E-state index is 12.4. The van der Waals surface area contributed by atoms with Gasteiger partial charge in [0.05, 0.1) is 11.0 Å². The Balaban J connectivity index is 1.59. The first-order valence-electron chi connectivity index (χ1n) is 9.87. The fraction of sp³-hybridized carbons (Fsp3) is 0.391. The summed E-state index contributed by atoms with van der Waals surface area (Å²) in [5.74, 6) is 0.315. The molecule has 0 spiro atoms. The Kier molecular flexibility index (Phi) is 6.47. The number of likely N-dealkylation sites (tertiary alicyclic amines) is 1. The third-order valence-electron chi connectivity index (χ3n) is 5.16. The van der Waals surface area contributed by atoms with Crippen molar-refractivity contribution in [3.63, 3.8) is 0 Å². The fourth-order valence-corrected chi connectivity index (χ4v) is 3.53. The van der Waals surface area contributed by atoms with Crippen LogP contribution < -0.4 is 10.1 Å². The highest BCUT2D eigenvalue weighted by Crippen LogP contribution is 2.31. The largest absolute Gasteiger partial charge is 0.423 e. The molecule has 0 aliphatic carbocycles. The standard InChI is InChI=1S/C23H28N2O3/c1-3-13-24-22(27)23(2)12-14-25(17-23)16-18-8-7-11-20(15-18)28-21(26)19-9-5-4-6-10-19/h4-11,15H,3,12-14,16-17H2,1-2H3,(H,24,27). The molecule has 0 aromatic heterocycles. The van der Waals surface area contributed by atoms with Crippen LogP contribution in [0.1, 0.15) is 42.6 Å². The van der Waals surface area contributed by atoms with Gasteiger partial charge in [-0.1, -0.05) is 37.3 Å². The Hall–Kier alpha value is -2.66. The van der Waals surface area contributed by atoms with Gasteiger partial charge in [-0.15, -0.1) is 0 Å². The minimum atomic E-state index is -0.362. The number of carbonyl (C=O) groups is 2. The molecule has 1 atom stereocenters. The lowest BCUT2D eigenvalue weighted by atomic mass is 9.88. The van der Waals surface area contributed by atoms with Crippen LogP contribution in [0.2, 0.25) is 0 Å². The Labute approximate surface area is 166 Å². The second kappa shape index (κ2) is 9.02. The van der Waals surface area contributed by atoms with Crippen molar-refractivity contribution in [3.8, 4) is 5.75 Å². The van der Waals surface area contributed by atoms with Crippen molar-refractivity contribution < 1.29 is 14.3 Å². The maximum Gasteiger partial charge on any atom is 0.343 e. The first-order chi connectivity index (χ1) is 13.5. The number of esters is 1. The molecule has 1 N–H and O–H groups in total. The summed E-state index contributed by atoms with van der Waals surface area (Å²) in [5.41, 5.74) is 1.25. The van der Waals surface area contributed by atoms with Crippen LogP contribution in [0.15, 0.2) is 54.6 Å². The summed E-state index contributed by atoms with van der Waals surface area (Å²) >= 11 is 0. The highest BCUT2D eigenvalue weighted by molar-refractivity contribution is 5.91. The van der Waals surface area contributed by atoms with Gasteiger partial charge in [0.25, 0.3) is 0 Å². The number of amides is 1. The first kappa shape index (κ1) is 20.1. The van der Waals surface area contributed by atoms with E-state index >= 15 is 0 Å². The minimum Gasteiger partial charge on any atom is -0.423 e. The van der Waals surface area contributed by atoms with Crippen LogP contribution in [-0.4, -0.2) is 36.4 Å². The van der Waals surface area contributed by atoms with Crippen molar-refractivity contribution in [2.45, 2.75) is 33.2 Å². The molecule has 2 aromatic rings. The highest BCUT2D eigenvalue weighted by atomic mass is 16.5. The van der Waals surface area contributed by atoms with Crippen molar-refractivity contribution >= 4 is 11.9 Å². The third-order valence-corrected chi connectivity index (χ3v) is 5.16. The van der Waals surface area contributed by atoms with Gasteiger partial charge in [-0.3, -0.25) is 9.69 Å². The van der Waals surface area contributed by atoms with Crippen LogP contribution in [-0.2, 0) is 11.3 Å². The Morgan fingerprint density at radius 2 is 1.93 bits per heavy atom. The predicted molar refractivity (Wildman–Crippen MR) is 109 cm³/mol. The molecule has 0 radical (unpaired) electrons. The summed E-state index contributed by atoms with van der Waals surface area (Å²) in [4.78, 5) is 27.0. The van der Waals surface area contributed by atoms with E-state index in [9.17, 15) is 9.59 Å². The number of hydrogen-bond acceptors (Lipinski definition) is 4. The lowest BCUT2D eigenvalue weighted by Gasteiger charge is -2.23. The predicted octanol–water partition coefficient (Wildman–Crippen LogP) is 3.64. The van der Waals surface area contributed by atoms with E-state index in [1.807, 2.05) is 43.3 Å². The van der Waals surface area contributed by atoms with Gasteiger partial charge in [0.15, 0.2) is 0 Å². The van der Waals surface area contributed by atoms with Crippen LogP contribution in [0.25, 0.3) is 0 Å². The molecule has 1 aliphatic rings. The molecule has 5 heteroatoms. The summed E-state index contributed by atoms with van der Waals surface area (Å²) in [6.45, 7) is 7.16. The Morgan fingerprint density at radius 3 is 2.68 bits per heavy atom. The monoisotopic (exact) mass is 380 g/mol. The molecule has 2 aromatic carbocycles. The van der Waals surface area contributed by atoms with E-state index < -0.39 is 0 Å². The van der Waals surface area contributed by atoms with E-state index in [1.54, 1.807) is 18.2 Å². The van der Waals surface area contributed by atoms with Gasteiger partial charge >= 0.3 is 5.97 Å². The molecule has 28 heavy (non-hydrogen) atoms. The number of nitrogens with zero attached hydrogens (tertiary/aromatic N) is 1. The normalized spacial score (nSPS) is 19.4. The van der Waals surface area contributed by atoms with E-state index in [0.717, 1.165) is 44.6 Å². The molecule has 1 saturated heterocycles. The Morgan fingerprint density at radius 1 is 1.14 bits per heavy atom. The molecule has 148 valence electrons. The van der Waals surface area contributed by atoms with Gasteiger partial charge in [-0.2, -0.15) is 0 Å². The van der Waals surface area contributed by atoms with E-state index in [-0.39, 0.29) is 17.3 Å². The van der Waals surface area contributed by atoms with Gasteiger partial charge in [0.1, 0.15) is 5.75 Å². The van der Waals surface area contributed by atoms with Gasteiger partial charge in [0, 0.05) is 19.6 Å². The first-order valence-corrected chi connectivity index (χ1v) is 9.87. The lowest BCUT2D eigenvalue weighted by molar-refractivity contribution is -0.129. The maximum absolute atomic E-state index is 12.4. The zero-order chi connectivity index (χ0) is 20.0. The van der Waals surface area contributed by atoms with E-state index in [0.29, 0.717) is 11.3 Å². The van der Waals surface area contributed by atoms with E-state index in [4.69, 9.17) is 4.74 Å². The SMILES string of the molecule is CCCNC(=O)C1(C)CCN(Cc2cccc(OC(=O)c3ccccc3)c2)C1. The van der Waals surface area contributed by atoms with Gasteiger partial charge in [-0.25, -0.2) is 4.79 Å². The minimum absolute atomic E-state index is 0.141. The third kappa shape index (κ3) is 4.98. The van der Waals surface area contributed by atoms with Gasteiger partial charge in [0.2, 0.25) is 5.91 Å². The molecule has 1 aliphatic heterocycles. The zero-order valence-electron chi connectivity index (χ0n) is 16.6. The van der Waals surface area contributed by atoms with Gasteiger partial charge in [-0.05, 0) is 56.1 Å². The summed E-state index contributed by atoms with van der Waals surface area (Å²) in [6, 6.07) is 16.6. The molecule has 1 unspecified atom stereocenters. The van der Waals surface area contributed by atoms with Gasteiger partial charge < -0.3 is 10.1 Å².